The van der Waals surface area contributed by atoms with Crippen molar-refractivity contribution in [2.24, 2.45) is 0 Å². The van der Waals surface area contributed by atoms with Gasteiger partial charge in [0.1, 0.15) is 0 Å². The number of rotatable bonds is 2. The van der Waals surface area contributed by atoms with Crippen LogP contribution in [0.3, 0.4) is 0 Å². The average molecular weight is 228 g/mol. The van der Waals surface area contributed by atoms with E-state index in [9.17, 15) is 0 Å². The summed E-state index contributed by atoms with van der Waals surface area (Å²) in [4.78, 5) is 0. The molecule has 1 heteroatoms. The molecule has 90 valence electrons. The molecule has 0 saturated heterocycles. The monoisotopic (exact) mass is 228 g/mol. The zero-order valence-electron chi connectivity index (χ0n) is 10.3. The Bertz CT molecular complexity index is 388. The first-order valence-corrected chi connectivity index (χ1v) is 6.60. The van der Waals surface area contributed by atoms with Gasteiger partial charge in [0, 0.05) is 12.0 Å². The Balaban J connectivity index is 2.00. The third-order valence-electron chi connectivity index (χ3n) is 3.46. The van der Waals surface area contributed by atoms with E-state index in [0.29, 0.717) is 6.42 Å². The van der Waals surface area contributed by atoms with Gasteiger partial charge in [0.05, 0.1) is 6.61 Å². The van der Waals surface area contributed by atoms with E-state index in [4.69, 9.17) is 5.11 Å². The summed E-state index contributed by atoms with van der Waals surface area (Å²) in [5, 5.41) is 8.66. The molecule has 0 spiro atoms. The van der Waals surface area contributed by atoms with Crippen LogP contribution in [-0.4, -0.2) is 11.7 Å². The lowest BCUT2D eigenvalue weighted by atomic mass is 9.84. The van der Waals surface area contributed by atoms with E-state index in [1.165, 1.54) is 37.7 Å². The molecule has 0 amide bonds. The van der Waals surface area contributed by atoms with Gasteiger partial charge >= 0.3 is 0 Å². The van der Waals surface area contributed by atoms with Crippen molar-refractivity contribution in [3.05, 3.63) is 35.4 Å². The van der Waals surface area contributed by atoms with E-state index in [0.717, 1.165) is 11.5 Å². The van der Waals surface area contributed by atoms with Gasteiger partial charge in [-0.25, -0.2) is 0 Å². The van der Waals surface area contributed by atoms with Crippen LogP contribution in [0.4, 0.5) is 0 Å². The zero-order chi connectivity index (χ0) is 11.9. The van der Waals surface area contributed by atoms with Gasteiger partial charge in [0.25, 0.3) is 0 Å². The number of hydrogen-bond acceptors (Lipinski definition) is 1. The topological polar surface area (TPSA) is 20.2 Å². The highest BCUT2D eigenvalue weighted by molar-refractivity contribution is 5.37. The van der Waals surface area contributed by atoms with Crippen LogP contribution in [0.25, 0.3) is 0 Å². The Hall–Kier alpha value is -1.26. The molecule has 0 bridgehead atoms. The molecule has 0 heterocycles. The van der Waals surface area contributed by atoms with E-state index in [1.807, 2.05) is 0 Å². The van der Waals surface area contributed by atoms with Gasteiger partial charge in [0.2, 0.25) is 0 Å². The molecule has 0 radical (unpaired) electrons. The van der Waals surface area contributed by atoms with E-state index >= 15 is 0 Å². The van der Waals surface area contributed by atoms with Crippen LogP contribution in [0.5, 0.6) is 0 Å². The van der Waals surface area contributed by atoms with Gasteiger partial charge in [-0.05, 0) is 36.5 Å². The van der Waals surface area contributed by atoms with E-state index in [2.05, 4.69) is 36.1 Å². The predicted molar refractivity (Wildman–Crippen MR) is 70.8 cm³/mol. The van der Waals surface area contributed by atoms with Crippen molar-refractivity contribution in [2.45, 2.75) is 44.4 Å². The minimum atomic E-state index is 0.146. The molecule has 1 fully saturated rings. The summed E-state index contributed by atoms with van der Waals surface area (Å²) in [6, 6.07) is 8.65. The fourth-order valence-electron chi connectivity index (χ4n) is 2.50. The van der Waals surface area contributed by atoms with Crippen molar-refractivity contribution in [1.82, 2.24) is 0 Å². The molecule has 1 N–H and O–H groups in total. The molecule has 0 aliphatic heterocycles. The first kappa shape index (κ1) is 12.2. The lowest BCUT2D eigenvalue weighted by Crippen LogP contribution is -2.04. The second kappa shape index (κ2) is 6.47. The fourth-order valence-corrected chi connectivity index (χ4v) is 2.50. The van der Waals surface area contributed by atoms with Gasteiger partial charge in [-0.2, -0.15) is 0 Å². The minimum Gasteiger partial charge on any atom is -0.395 e. The van der Waals surface area contributed by atoms with Crippen molar-refractivity contribution >= 4 is 0 Å². The second-order valence-corrected chi connectivity index (χ2v) is 4.73. The second-order valence-electron chi connectivity index (χ2n) is 4.73. The van der Waals surface area contributed by atoms with Crippen LogP contribution in [0.1, 0.15) is 55.6 Å². The van der Waals surface area contributed by atoms with Crippen LogP contribution < -0.4 is 0 Å². The molecule has 17 heavy (non-hydrogen) atoms. The van der Waals surface area contributed by atoms with E-state index < -0.39 is 0 Å². The summed E-state index contributed by atoms with van der Waals surface area (Å²) in [6.07, 6.45) is 7.40. The minimum absolute atomic E-state index is 0.146. The Labute approximate surface area is 104 Å². The van der Waals surface area contributed by atoms with Crippen molar-refractivity contribution in [3.63, 3.8) is 0 Å². The lowest BCUT2D eigenvalue weighted by molar-refractivity contribution is 0.305. The predicted octanol–water partition coefficient (Wildman–Crippen LogP) is 3.47. The highest BCUT2D eigenvalue weighted by Crippen LogP contribution is 2.32. The van der Waals surface area contributed by atoms with Gasteiger partial charge in [-0.3, -0.25) is 0 Å². The number of aliphatic hydroxyl groups excluding tert-OH is 1. The molecular formula is C16H20O. The van der Waals surface area contributed by atoms with Crippen molar-refractivity contribution in [2.75, 3.05) is 6.61 Å². The van der Waals surface area contributed by atoms with Crippen LogP contribution in [0.2, 0.25) is 0 Å². The molecule has 0 aromatic heterocycles. The van der Waals surface area contributed by atoms with E-state index in [1.54, 1.807) is 0 Å². The Morgan fingerprint density at radius 2 is 1.76 bits per heavy atom. The van der Waals surface area contributed by atoms with Crippen LogP contribution >= 0.6 is 0 Å². The highest BCUT2D eigenvalue weighted by atomic mass is 16.2. The Morgan fingerprint density at radius 1 is 1.06 bits per heavy atom. The number of aliphatic hydroxyl groups is 1. The molecule has 1 saturated carbocycles. The quantitative estimate of drug-likeness (QED) is 0.768. The lowest BCUT2D eigenvalue weighted by Gasteiger charge is -2.21. The normalized spacial score (nSPS) is 16.3. The first-order chi connectivity index (χ1) is 8.40. The standard InChI is InChI=1S/C16H20O/c17-13-5-4-6-14-9-11-16(12-10-14)15-7-2-1-3-8-15/h9-12,15,17H,1-3,5,7-8,13H2. The van der Waals surface area contributed by atoms with E-state index in [-0.39, 0.29) is 6.61 Å². The third-order valence-corrected chi connectivity index (χ3v) is 3.46. The molecular weight excluding hydrogens is 208 g/mol. The summed E-state index contributed by atoms with van der Waals surface area (Å²) in [7, 11) is 0. The fraction of sp³-hybridized carbons (Fsp3) is 0.500. The van der Waals surface area contributed by atoms with Crippen molar-refractivity contribution in [1.29, 1.82) is 0 Å². The molecule has 0 atom stereocenters. The summed E-state index contributed by atoms with van der Waals surface area (Å²) in [5.74, 6) is 6.78. The van der Waals surface area contributed by atoms with Crippen molar-refractivity contribution in [3.8, 4) is 11.8 Å². The number of benzene rings is 1. The third kappa shape index (κ3) is 3.61. The summed E-state index contributed by atoms with van der Waals surface area (Å²) >= 11 is 0. The van der Waals surface area contributed by atoms with Gasteiger partial charge in [0.15, 0.2) is 0 Å². The zero-order valence-corrected chi connectivity index (χ0v) is 10.3. The Kier molecular flexibility index (Phi) is 4.64. The Morgan fingerprint density at radius 3 is 2.41 bits per heavy atom. The van der Waals surface area contributed by atoms with Gasteiger partial charge in [-0.1, -0.05) is 43.2 Å². The summed E-state index contributed by atoms with van der Waals surface area (Å²) in [5.41, 5.74) is 2.52. The van der Waals surface area contributed by atoms with Gasteiger partial charge in [-0.15, -0.1) is 0 Å². The van der Waals surface area contributed by atoms with Crippen LogP contribution in [0.15, 0.2) is 24.3 Å². The molecule has 1 nitrogen and oxygen atoms in total. The average Bonchev–Trinajstić information content (AvgIpc) is 2.41. The molecule has 0 unspecified atom stereocenters. The number of hydrogen-bond donors (Lipinski definition) is 1. The van der Waals surface area contributed by atoms with Crippen LogP contribution in [-0.2, 0) is 0 Å². The molecule has 2 rings (SSSR count). The molecule has 1 aromatic carbocycles. The maximum atomic E-state index is 8.66. The summed E-state index contributed by atoms with van der Waals surface area (Å²) < 4.78 is 0. The summed E-state index contributed by atoms with van der Waals surface area (Å²) in [6.45, 7) is 0.146. The van der Waals surface area contributed by atoms with Crippen LogP contribution in [0, 0.1) is 11.8 Å². The SMILES string of the molecule is OCCC#Cc1ccc(C2CCCCC2)cc1. The molecule has 1 aliphatic rings. The first-order valence-electron chi connectivity index (χ1n) is 6.60. The maximum Gasteiger partial charge on any atom is 0.0540 e. The largest absolute Gasteiger partial charge is 0.395 e. The van der Waals surface area contributed by atoms with Gasteiger partial charge < -0.3 is 5.11 Å². The molecule has 1 aliphatic carbocycles. The highest BCUT2D eigenvalue weighted by Gasteiger charge is 2.14. The smallest absolute Gasteiger partial charge is 0.0540 e. The van der Waals surface area contributed by atoms with Crippen molar-refractivity contribution < 1.29 is 5.11 Å². The maximum absolute atomic E-state index is 8.66. The molecule has 1 aromatic rings.